The zero-order valence-electron chi connectivity index (χ0n) is 19.8. The van der Waals surface area contributed by atoms with Crippen LogP contribution in [0.4, 0.5) is 0 Å². The molecule has 0 aliphatic rings. The molecule has 0 aliphatic carbocycles. The summed E-state index contributed by atoms with van der Waals surface area (Å²) >= 11 is 0. The summed E-state index contributed by atoms with van der Waals surface area (Å²) in [6.45, 7) is 4.28. The van der Waals surface area contributed by atoms with Gasteiger partial charge in [0.25, 0.3) is 0 Å². The Hall–Kier alpha value is -2.88. The number of pyridine rings is 1. The molecule has 4 heteroatoms. The number of rotatable bonds is 14. The molecule has 0 saturated heterocycles. The maximum absolute atomic E-state index is 12.3. The number of benzene rings is 1. The van der Waals surface area contributed by atoms with Gasteiger partial charge in [-0.1, -0.05) is 56.5 Å². The molecule has 2 aromatic rings. The SMILES string of the molecule is CCCCC/C(=C\C=C\C(=O)N[C@H](C)CCCCc1cccnc1)c1ccc(OC)cc1. The van der Waals surface area contributed by atoms with Crippen molar-refractivity contribution in [3.05, 3.63) is 78.1 Å². The summed E-state index contributed by atoms with van der Waals surface area (Å²) < 4.78 is 5.27. The lowest BCUT2D eigenvalue weighted by molar-refractivity contribution is -0.117. The molecule has 0 saturated carbocycles. The third-order valence-electron chi connectivity index (χ3n) is 5.52. The topological polar surface area (TPSA) is 51.2 Å². The second-order valence-electron chi connectivity index (χ2n) is 8.25. The zero-order chi connectivity index (χ0) is 23.0. The summed E-state index contributed by atoms with van der Waals surface area (Å²) in [5.74, 6) is 0.814. The molecule has 1 atom stereocenters. The number of carbonyl (C=O) groups is 1. The number of methoxy groups -OCH3 is 1. The van der Waals surface area contributed by atoms with Crippen molar-refractivity contribution < 1.29 is 9.53 Å². The Balaban J connectivity index is 1.81. The van der Waals surface area contributed by atoms with E-state index in [1.165, 1.54) is 29.5 Å². The van der Waals surface area contributed by atoms with Crippen LogP contribution in [0.1, 0.15) is 69.9 Å². The number of amides is 1. The number of hydrogen-bond donors (Lipinski definition) is 1. The first-order valence-corrected chi connectivity index (χ1v) is 11.8. The van der Waals surface area contributed by atoms with Gasteiger partial charge in [0.05, 0.1) is 7.11 Å². The Morgan fingerprint density at radius 3 is 2.62 bits per heavy atom. The number of hydrogen-bond acceptors (Lipinski definition) is 3. The third kappa shape index (κ3) is 9.95. The molecule has 0 aliphatic heterocycles. The van der Waals surface area contributed by atoms with Crippen LogP contribution >= 0.6 is 0 Å². The molecule has 0 bridgehead atoms. The van der Waals surface area contributed by atoms with E-state index in [2.05, 4.69) is 48.4 Å². The number of aryl methyl sites for hydroxylation is 1. The lowest BCUT2D eigenvalue weighted by atomic mass is 9.99. The zero-order valence-corrected chi connectivity index (χ0v) is 19.8. The summed E-state index contributed by atoms with van der Waals surface area (Å²) in [6, 6.07) is 12.4. The molecule has 1 heterocycles. The Kier molecular flexibility index (Phi) is 11.9. The molecule has 2 rings (SSSR count). The van der Waals surface area contributed by atoms with Crippen LogP contribution in [0.5, 0.6) is 5.75 Å². The predicted molar refractivity (Wildman–Crippen MR) is 134 cm³/mol. The Bertz CT molecular complexity index is 841. The molecular formula is C28H38N2O2. The van der Waals surface area contributed by atoms with Crippen LogP contribution in [-0.4, -0.2) is 24.0 Å². The number of ether oxygens (including phenoxy) is 1. The van der Waals surface area contributed by atoms with Gasteiger partial charge in [-0.3, -0.25) is 9.78 Å². The summed E-state index contributed by atoms with van der Waals surface area (Å²) in [7, 11) is 1.68. The standard InChI is InChI=1S/C28H38N2O2/c1-4-5-6-14-25(26-17-19-27(32-3)20-18-26)15-9-16-28(31)30-23(2)11-7-8-12-24-13-10-21-29-22-24/h9-10,13,15-23H,4-8,11-12,14H2,1-3H3,(H,30,31)/b16-9+,25-15+/t23-/m1/s1. The maximum Gasteiger partial charge on any atom is 0.244 e. The number of nitrogens with zero attached hydrogens (tertiary/aromatic N) is 1. The van der Waals surface area contributed by atoms with Crippen LogP contribution in [-0.2, 0) is 11.2 Å². The summed E-state index contributed by atoms with van der Waals surface area (Å²) in [6.07, 6.45) is 18.0. The average Bonchev–Trinajstić information content (AvgIpc) is 2.82. The number of nitrogens with one attached hydrogen (secondary N) is 1. The van der Waals surface area contributed by atoms with E-state index >= 15 is 0 Å². The fourth-order valence-corrected chi connectivity index (χ4v) is 3.63. The van der Waals surface area contributed by atoms with Gasteiger partial charge >= 0.3 is 0 Å². The molecule has 0 unspecified atom stereocenters. The Morgan fingerprint density at radius 2 is 1.94 bits per heavy atom. The first kappa shape index (κ1) is 25.4. The highest BCUT2D eigenvalue weighted by Gasteiger charge is 2.05. The van der Waals surface area contributed by atoms with Crippen molar-refractivity contribution >= 4 is 11.5 Å². The van der Waals surface area contributed by atoms with Crippen molar-refractivity contribution in [1.29, 1.82) is 0 Å². The van der Waals surface area contributed by atoms with E-state index in [1.807, 2.05) is 30.5 Å². The van der Waals surface area contributed by atoms with Gasteiger partial charge in [-0.15, -0.1) is 0 Å². The fraction of sp³-hybridized carbons (Fsp3) is 0.429. The predicted octanol–water partition coefficient (Wildman–Crippen LogP) is 6.53. The average molecular weight is 435 g/mol. The smallest absolute Gasteiger partial charge is 0.244 e. The van der Waals surface area contributed by atoms with Crippen LogP contribution in [0.15, 0.2) is 67.0 Å². The fourth-order valence-electron chi connectivity index (χ4n) is 3.63. The van der Waals surface area contributed by atoms with E-state index < -0.39 is 0 Å². The van der Waals surface area contributed by atoms with Gasteiger partial charge in [0.2, 0.25) is 5.91 Å². The minimum atomic E-state index is -0.0383. The summed E-state index contributed by atoms with van der Waals surface area (Å²) in [5, 5.41) is 3.08. The van der Waals surface area contributed by atoms with E-state index in [4.69, 9.17) is 4.74 Å². The molecular weight excluding hydrogens is 396 g/mol. The first-order valence-electron chi connectivity index (χ1n) is 11.8. The normalized spacial score (nSPS) is 12.7. The second kappa shape index (κ2) is 15.0. The summed E-state index contributed by atoms with van der Waals surface area (Å²) in [5.41, 5.74) is 3.69. The lowest BCUT2D eigenvalue weighted by Gasteiger charge is -2.12. The van der Waals surface area contributed by atoms with Gasteiger partial charge in [-0.05, 0) is 73.9 Å². The van der Waals surface area contributed by atoms with E-state index in [1.54, 1.807) is 19.4 Å². The van der Waals surface area contributed by atoms with Gasteiger partial charge < -0.3 is 10.1 Å². The second-order valence-corrected chi connectivity index (χ2v) is 8.25. The minimum absolute atomic E-state index is 0.0383. The number of aromatic nitrogens is 1. The highest BCUT2D eigenvalue weighted by Crippen LogP contribution is 2.23. The molecule has 0 radical (unpaired) electrons. The van der Waals surface area contributed by atoms with E-state index in [9.17, 15) is 4.79 Å². The molecule has 0 spiro atoms. The Labute approximate surface area is 193 Å². The minimum Gasteiger partial charge on any atom is -0.497 e. The maximum atomic E-state index is 12.3. The van der Waals surface area contributed by atoms with Crippen LogP contribution in [0.3, 0.4) is 0 Å². The van der Waals surface area contributed by atoms with Crippen LogP contribution < -0.4 is 10.1 Å². The van der Waals surface area contributed by atoms with Crippen molar-refractivity contribution in [2.75, 3.05) is 7.11 Å². The summed E-state index contributed by atoms with van der Waals surface area (Å²) in [4.78, 5) is 16.5. The van der Waals surface area contributed by atoms with Crippen molar-refractivity contribution in [1.82, 2.24) is 10.3 Å². The third-order valence-corrected chi connectivity index (χ3v) is 5.52. The number of allylic oxidation sites excluding steroid dienone is 3. The molecule has 1 amide bonds. The largest absolute Gasteiger partial charge is 0.497 e. The van der Waals surface area contributed by atoms with Gasteiger partial charge in [0.15, 0.2) is 0 Å². The van der Waals surface area contributed by atoms with Crippen molar-refractivity contribution in [3.63, 3.8) is 0 Å². The van der Waals surface area contributed by atoms with E-state index in [0.717, 1.165) is 44.3 Å². The van der Waals surface area contributed by atoms with Crippen LogP contribution in [0.25, 0.3) is 5.57 Å². The molecule has 4 nitrogen and oxygen atoms in total. The van der Waals surface area contributed by atoms with Gasteiger partial charge in [0.1, 0.15) is 5.75 Å². The van der Waals surface area contributed by atoms with Crippen LogP contribution in [0.2, 0.25) is 0 Å². The van der Waals surface area contributed by atoms with Crippen LogP contribution in [0, 0.1) is 0 Å². The van der Waals surface area contributed by atoms with E-state index in [0.29, 0.717) is 0 Å². The van der Waals surface area contributed by atoms with Crippen molar-refractivity contribution in [2.45, 2.75) is 71.3 Å². The van der Waals surface area contributed by atoms with Gasteiger partial charge in [-0.25, -0.2) is 0 Å². The van der Waals surface area contributed by atoms with E-state index in [-0.39, 0.29) is 11.9 Å². The van der Waals surface area contributed by atoms with Gasteiger partial charge in [-0.2, -0.15) is 0 Å². The Morgan fingerprint density at radius 1 is 1.12 bits per heavy atom. The number of unbranched alkanes of at least 4 members (excludes halogenated alkanes) is 3. The molecule has 172 valence electrons. The quantitative estimate of drug-likeness (QED) is 0.209. The van der Waals surface area contributed by atoms with Gasteiger partial charge in [0, 0.05) is 24.5 Å². The number of carbonyl (C=O) groups excluding carboxylic acids is 1. The van der Waals surface area contributed by atoms with Crippen molar-refractivity contribution in [2.24, 2.45) is 0 Å². The monoisotopic (exact) mass is 434 g/mol. The first-order chi connectivity index (χ1) is 15.6. The molecule has 1 aromatic carbocycles. The highest BCUT2D eigenvalue weighted by atomic mass is 16.5. The molecule has 32 heavy (non-hydrogen) atoms. The highest BCUT2D eigenvalue weighted by molar-refractivity contribution is 5.88. The molecule has 1 aromatic heterocycles. The molecule has 0 fully saturated rings. The molecule has 1 N–H and O–H groups in total. The lowest BCUT2D eigenvalue weighted by Crippen LogP contribution is -2.30. The van der Waals surface area contributed by atoms with Crippen molar-refractivity contribution in [3.8, 4) is 5.75 Å².